The highest BCUT2D eigenvalue weighted by Crippen LogP contribution is 2.18. The van der Waals surface area contributed by atoms with Crippen LogP contribution in [-0.2, 0) is 6.54 Å². The largest absolute Gasteiger partial charge is 0.381 e. The van der Waals surface area contributed by atoms with Crippen LogP contribution in [0.1, 0.15) is 21.5 Å². The highest BCUT2D eigenvalue weighted by Gasteiger charge is 2.07. The van der Waals surface area contributed by atoms with Gasteiger partial charge >= 0.3 is 0 Å². The third kappa shape index (κ3) is 3.10. The highest BCUT2D eigenvalue weighted by atomic mass is 19.1. The minimum absolute atomic E-state index is 0.295. The molecule has 0 radical (unpaired) electrons. The molecule has 0 aromatic heterocycles. The second kappa shape index (κ2) is 5.52. The molecule has 3 nitrogen and oxygen atoms in total. The maximum Gasteiger partial charge on any atom is 0.249 e. The SMILES string of the molecule is Cc1ccc(F)cc1NCc1ccccc1C(N)=O. The zero-order chi connectivity index (χ0) is 13.8. The number of hydrogen-bond donors (Lipinski definition) is 2. The van der Waals surface area contributed by atoms with E-state index < -0.39 is 5.91 Å². The number of hydrogen-bond acceptors (Lipinski definition) is 2. The van der Waals surface area contributed by atoms with Gasteiger partial charge in [-0.3, -0.25) is 4.79 Å². The van der Waals surface area contributed by atoms with Gasteiger partial charge in [-0.25, -0.2) is 4.39 Å². The van der Waals surface area contributed by atoms with Crippen molar-refractivity contribution in [1.82, 2.24) is 0 Å². The number of rotatable bonds is 4. The number of amides is 1. The number of carbonyl (C=O) groups excluding carboxylic acids is 1. The molecule has 0 atom stereocenters. The summed E-state index contributed by atoms with van der Waals surface area (Å²) in [5.41, 5.74) is 8.23. The summed E-state index contributed by atoms with van der Waals surface area (Å²) >= 11 is 0. The lowest BCUT2D eigenvalue weighted by Crippen LogP contribution is -2.15. The zero-order valence-corrected chi connectivity index (χ0v) is 10.6. The summed E-state index contributed by atoms with van der Waals surface area (Å²) in [5.74, 6) is -0.760. The normalized spacial score (nSPS) is 10.2. The summed E-state index contributed by atoms with van der Waals surface area (Å²) in [4.78, 5) is 11.3. The number of carbonyl (C=O) groups is 1. The van der Waals surface area contributed by atoms with E-state index in [4.69, 9.17) is 5.73 Å². The van der Waals surface area contributed by atoms with E-state index in [9.17, 15) is 9.18 Å². The molecule has 4 heteroatoms. The van der Waals surface area contributed by atoms with Crippen molar-refractivity contribution in [3.63, 3.8) is 0 Å². The second-order valence-corrected chi connectivity index (χ2v) is 4.33. The van der Waals surface area contributed by atoms with E-state index in [-0.39, 0.29) is 5.82 Å². The average Bonchev–Trinajstić information content (AvgIpc) is 2.40. The lowest BCUT2D eigenvalue weighted by atomic mass is 10.1. The van der Waals surface area contributed by atoms with Crippen molar-refractivity contribution in [3.8, 4) is 0 Å². The molecule has 3 N–H and O–H groups in total. The molecule has 0 fully saturated rings. The van der Waals surface area contributed by atoms with E-state index in [0.29, 0.717) is 17.8 Å². The van der Waals surface area contributed by atoms with E-state index in [2.05, 4.69) is 5.32 Å². The molecular weight excluding hydrogens is 243 g/mol. The van der Waals surface area contributed by atoms with Gasteiger partial charge in [0.05, 0.1) is 0 Å². The Labute approximate surface area is 111 Å². The maximum absolute atomic E-state index is 13.2. The van der Waals surface area contributed by atoms with Gasteiger partial charge in [0, 0.05) is 17.8 Å². The summed E-state index contributed by atoms with van der Waals surface area (Å²) in [6, 6.07) is 11.6. The first-order valence-corrected chi connectivity index (χ1v) is 5.95. The summed E-state index contributed by atoms with van der Waals surface area (Å²) in [7, 11) is 0. The van der Waals surface area contributed by atoms with Gasteiger partial charge in [0.25, 0.3) is 0 Å². The Morgan fingerprint density at radius 1 is 1.26 bits per heavy atom. The number of benzene rings is 2. The van der Waals surface area contributed by atoms with E-state index in [1.807, 2.05) is 19.1 Å². The van der Waals surface area contributed by atoms with E-state index >= 15 is 0 Å². The lowest BCUT2D eigenvalue weighted by Gasteiger charge is -2.11. The molecule has 0 heterocycles. The predicted octanol–water partition coefficient (Wildman–Crippen LogP) is 2.85. The Bertz CT molecular complexity index is 611. The van der Waals surface area contributed by atoms with E-state index in [1.54, 1.807) is 18.2 Å². The Morgan fingerprint density at radius 2 is 2.00 bits per heavy atom. The van der Waals surface area contributed by atoms with E-state index in [1.165, 1.54) is 12.1 Å². The first-order chi connectivity index (χ1) is 9.08. The van der Waals surface area contributed by atoms with Crippen LogP contribution in [0.4, 0.5) is 10.1 Å². The molecule has 0 spiro atoms. The van der Waals surface area contributed by atoms with Crippen LogP contribution in [0, 0.1) is 12.7 Å². The third-order valence-electron chi connectivity index (χ3n) is 2.95. The molecule has 1 amide bonds. The fourth-order valence-corrected chi connectivity index (χ4v) is 1.89. The first-order valence-electron chi connectivity index (χ1n) is 5.95. The molecule has 0 bridgehead atoms. The molecule has 0 saturated carbocycles. The van der Waals surface area contributed by atoms with Gasteiger partial charge in [-0.05, 0) is 36.2 Å². The van der Waals surface area contributed by atoms with Crippen LogP contribution >= 0.6 is 0 Å². The number of halogens is 1. The molecule has 0 unspecified atom stereocenters. The fourth-order valence-electron chi connectivity index (χ4n) is 1.89. The lowest BCUT2D eigenvalue weighted by molar-refractivity contribution is 0.0999. The fraction of sp³-hybridized carbons (Fsp3) is 0.133. The minimum Gasteiger partial charge on any atom is -0.381 e. The van der Waals surface area contributed by atoms with Crippen LogP contribution in [0.15, 0.2) is 42.5 Å². The van der Waals surface area contributed by atoms with Gasteiger partial charge in [0.1, 0.15) is 5.82 Å². The molecule has 2 aromatic rings. The van der Waals surface area contributed by atoms with Crippen molar-refractivity contribution in [2.24, 2.45) is 5.73 Å². The van der Waals surface area contributed by atoms with Gasteiger partial charge in [0.15, 0.2) is 0 Å². The quantitative estimate of drug-likeness (QED) is 0.886. The Balaban J connectivity index is 2.19. The Morgan fingerprint density at radius 3 is 2.74 bits per heavy atom. The number of aryl methyl sites for hydroxylation is 1. The highest BCUT2D eigenvalue weighted by molar-refractivity contribution is 5.94. The summed E-state index contributed by atoms with van der Waals surface area (Å²) in [6.07, 6.45) is 0. The number of anilines is 1. The van der Waals surface area contributed by atoms with Crippen LogP contribution in [0.3, 0.4) is 0 Å². The van der Waals surface area contributed by atoms with Gasteiger partial charge in [0.2, 0.25) is 5.91 Å². The van der Waals surface area contributed by atoms with Crippen molar-refractivity contribution in [2.75, 3.05) is 5.32 Å². The van der Waals surface area contributed by atoms with Gasteiger partial charge in [-0.1, -0.05) is 24.3 Å². The molecular formula is C15H15FN2O. The van der Waals surface area contributed by atoms with Crippen LogP contribution in [0.25, 0.3) is 0 Å². The summed E-state index contributed by atoms with van der Waals surface area (Å²) in [5, 5.41) is 3.12. The monoisotopic (exact) mass is 258 g/mol. The molecule has 0 saturated heterocycles. The van der Waals surface area contributed by atoms with Crippen molar-refractivity contribution in [3.05, 3.63) is 65.0 Å². The topological polar surface area (TPSA) is 55.1 Å². The van der Waals surface area contributed by atoms with Crippen molar-refractivity contribution in [1.29, 1.82) is 0 Å². The first kappa shape index (κ1) is 13.1. The van der Waals surface area contributed by atoms with Crippen molar-refractivity contribution in [2.45, 2.75) is 13.5 Å². The maximum atomic E-state index is 13.2. The molecule has 2 rings (SSSR count). The molecule has 2 aromatic carbocycles. The second-order valence-electron chi connectivity index (χ2n) is 4.33. The minimum atomic E-state index is -0.464. The molecule has 0 aliphatic rings. The molecule has 0 aliphatic heterocycles. The Kier molecular flexibility index (Phi) is 3.80. The van der Waals surface area contributed by atoms with Crippen molar-refractivity contribution < 1.29 is 9.18 Å². The van der Waals surface area contributed by atoms with Gasteiger partial charge < -0.3 is 11.1 Å². The zero-order valence-electron chi connectivity index (χ0n) is 10.6. The smallest absolute Gasteiger partial charge is 0.249 e. The van der Waals surface area contributed by atoms with Gasteiger partial charge in [-0.2, -0.15) is 0 Å². The summed E-state index contributed by atoms with van der Waals surface area (Å²) < 4.78 is 13.2. The number of nitrogens with two attached hydrogens (primary N) is 1. The van der Waals surface area contributed by atoms with Crippen molar-refractivity contribution >= 4 is 11.6 Å². The summed E-state index contributed by atoms with van der Waals surface area (Å²) in [6.45, 7) is 2.31. The number of nitrogens with one attached hydrogen (secondary N) is 1. The molecule has 19 heavy (non-hydrogen) atoms. The van der Waals surface area contributed by atoms with Crippen LogP contribution in [0.2, 0.25) is 0 Å². The Hall–Kier alpha value is -2.36. The van der Waals surface area contributed by atoms with Crippen LogP contribution in [-0.4, -0.2) is 5.91 Å². The third-order valence-corrected chi connectivity index (χ3v) is 2.95. The number of primary amides is 1. The predicted molar refractivity (Wildman–Crippen MR) is 73.4 cm³/mol. The van der Waals surface area contributed by atoms with Gasteiger partial charge in [-0.15, -0.1) is 0 Å². The van der Waals surface area contributed by atoms with E-state index in [0.717, 1.165) is 11.1 Å². The molecule has 98 valence electrons. The molecule has 0 aliphatic carbocycles. The van der Waals surface area contributed by atoms with Crippen LogP contribution in [0.5, 0.6) is 0 Å². The average molecular weight is 258 g/mol. The standard InChI is InChI=1S/C15H15FN2O/c1-10-6-7-12(16)8-14(10)18-9-11-4-2-3-5-13(11)15(17)19/h2-8,18H,9H2,1H3,(H2,17,19). The van der Waals surface area contributed by atoms with Crippen LogP contribution < -0.4 is 11.1 Å².